The smallest absolute Gasteiger partial charge is 0.162 e. The maximum atomic E-state index is 11.6. The number of phenols is 1. The van der Waals surface area contributed by atoms with E-state index < -0.39 is 0 Å². The first-order chi connectivity index (χ1) is 12.0. The molecule has 2 N–H and O–H groups in total. The van der Waals surface area contributed by atoms with Crippen LogP contribution in [0.25, 0.3) is 10.9 Å². The van der Waals surface area contributed by atoms with Crippen LogP contribution in [0.2, 0.25) is 0 Å². The van der Waals surface area contributed by atoms with Gasteiger partial charge in [-0.15, -0.1) is 0 Å². The van der Waals surface area contributed by atoms with Crippen molar-refractivity contribution in [2.45, 2.75) is 6.92 Å². The number of carbonyl (C=O) groups is 1. The molecule has 0 radical (unpaired) electrons. The van der Waals surface area contributed by atoms with Gasteiger partial charge in [0.1, 0.15) is 6.07 Å². The molecule has 6 nitrogen and oxygen atoms in total. The van der Waals surface area contributed by atoms with Gasteiger partial charge in [0.05, 0.1) is 23.9 Å². The summed E-state index contributed by atoms with van der Waals surface area (Å²) in [6.07, 6.45) is 1.45. The fraction of sp³-hybridized carbons (Fsp3) is 0.105. The van der Waals surface area contributed by atoms with Crippen LogP contribution in [0.4, 0.5) is 11.4 Å². The van der Waals surface area contributed by atoms with E-state index in [1.807, 2.05) is 0 Å². The van der Waals surface area contributed by atoms with Crippen molar-refractivity contribution in [1.82, 2.24) is 4.98 Å². The number of anilines is 2. The number of aromatic nitrogens is 1. The van der Waals surface area contributed by atoms with Gasteiger partial charge in [0.2, 0.25) is 0 Å². The van der Waals surface area contributed by atoms with Gasteiger partial charge in [0, 0.05) is 28.9 Å². The SMILES string of the molecule is COc1cc2ncc(C#N)c(Nc3cccc(C(C)=O)c3)c2cc1O. The van der Waals surface area contributed by atoms with Gasteiger partial charge < -0.3 is 15.2 Å². The molecule has 0 aliphatic carbocycles. The van der Waals surface area contributed by atoms with Gasteiger partial charge in [-0.3, -0.25) is 9.78 Å². The van der Waals surface area contributed by atoms with Crippen LogP contribution in [0.3, 0.4) is 0 Å². The van der Waals surface area contributed by atoms with Crippen LogP contribution in [-0.4, -0.2) is 23.0 Å². The maximum Gasteiger partial charge on any atom is 0.162 e. The van der Waals surface area contributed by atoms with Gasteiger partial charge >= 0.3 is 0 Å². The number of Topliss-reactive ketones (excluding diaryl/α,β-unsaturated/α-hetero) is 1. The molecule has 0 saturated carbocycles. The number of hydrogen-bond acceptors (Lipinski definition) is 6. The molecule has 0 fully saturated rings. The van der Waals surface area contributed by atoms with Gasteiger partial charge in [0.15, 0.2) is 17.3 Å². The minimum Gasteiger partial charge on any atom is -0.504 e. The topological polar surface area (TPSA) is 95.2 Å². The Morgan fingerprint density at radius 1 is 1.32 bits per heavy atom. The van der Waals surface area contributed by atoms with Crippen molar-refractivity contribution >= 4 is 28.1 Å². The Morgan fingerprint density at radius 3 is 2.80 bits per heavy atom. The maximum absolute atomic E-state index is 11.6. The van der Waals surface area contributed by atoms with Crippen LogP contribution >= 0.6 is 0 Å². The molecule has 1 heterocycles. The lowest BCUT2D eigenvalue weighted by molar-refractivity contribution is 0.101. The third-order valence-corrected chi connectivity index (χ3v) is 3.83. The molecule has 0 bridgehead atoms. The highest BCUT2D eigenvalue weighted by Gasteiger charge is 2.13. The van der Waals surface area contributed by atoms with E-state index in [1.165, 1.54) is 26.3 Å². The van der Waals surface area contributed by atoms with Crippen molar-refractivity contribution in [2.75, 3.05) is 12.4 Å². The average Bonchev–Trinajstić information content (AvgIpc) is 2.62. The fourth-order valence-electron chi connectivity index (χ4n) is 2.55. The highest BCUT2D eigenvalue weighted by Crippen LogP contribution is 2.36. The van der Waals surface area contributed by atoms with E-state index >= 15 is 0 Å². The molecule has 0 saturated heterocycles. The number of ketones is 1. The monoisotopic (exact) mass is 333 g/mol. The minimum atomic E-state index is -0.0499. The first kappa shape index (κ1) is 16.3. The quantitative estimate of drug-likeness (QED) is 0.706. The lowest BCUT2D eigenvalue weighted by Gasteiger charge is -2.13. The molecule has 3 rings (SSSR count). The Kier molecular flexibility index (Phi) is 4.23. The molecular formula is C19H15N3O3. The zero-order valence-electron chi connectivity index (χ0n) is 13.7. The largest absolute Gasteiger partial charge is 0.504 e. The summed E-state index contributed by atoms with van der Waals surface area (Å²) in [6.45, 7) is 1.49. The standard InChI is InChI=1S/C19H15N3O3/c1-11(23)12-4-3-5-14(6-12)22-19-13(9-20)10-21-16-8-18(25-2)17(24)7-15(16)19/h3-8,10,24H,1-2H3,(H,21,22). The second-order valence-corrected chi connectivity index (χ2v) is 5.46. The van der Waals surface area contributed by atoms with E-state index in [4.69, 9.17) is 4.74 Å². The number of nitriles is 1. The zero-order valence-corrected chi connectivity index (χ0v) is 13.7. The van der Waals surface area contributed by atoms with Gasteiger partial charge in [-0.25, -0.2) is 0 Å². The van der Waals surface area contributed by atoms with E-state index in [-0.39, 0.29) is 11.5 Å². The molecule has 0 atom stereocenters. The van der Waals surface area contributed by atoms with Gasteiger partial charge in [-0.05, 0) is 25.1 Å². The molecule has 1 aromatic heterocycles. The molecule has 0 amide bonds. The Hall–Kier alpha value is -3.59. The number of ether oxygens (including phenoxy) is 1. The molecule has 124 valence electrons. The van der Waals surface area contributed by atoms with Crippen molar-refractivity contribution in [3.05, 3.63) is 53.7 Å². The van der Waals surface area contributed by atoms with Gasteiger partial charge in [-0.1, -0.05) is 12.1 Å². The number of carbonyl (C=O) groups excluding carboxylic acids is 1. The number of nitrogens with zero attached hydrogens (tertiary/aromatic N) is 2. The first-order valence-corrected chi connectivity index (χ1v) is 7.51. The first-order valence-electron chi connectivity index (χ1n) is 7.51. The predicted octanol–water partition coefficient (Wildman–Crippen LogP) is 3.77. The van der Waals surface area contributed by atoms with Crippen molar-refractivity contribution in [1.29, 1.82) is 5.26 Å². The second kappa shape index (κ2) is 6.49. The number of rotatable bonds is 4. The Labute approximate surface area is 144 Å². The molecule has 3 aromatic rings. The van der Waals surface area contributed by atoms with Crippen LogP contribution in [0, 0.1) is 11.3 Å². The predicted molar refractivity (Wildman–Crippen MR) is 94.4 cm³/mol. The van der Waals surface area contributed by atoms with E-state index in [9.17, 15) is 15.2 Å². The number of benzene rings is 2. The lowest BCUT2D eigenvalue weighted by atomic mass is 10.1. The van der Waals surface area contributed by atoms with Crippen molar-refractivity contribution < 1.29 is 14.6 Å². The van der Waals surface area contributed by atoms with Gasteiger partial charge in [0.25, 0.3) is 0 Å². The number of methoxy groups -OCH3 is 1. The number of pyridine rings is 1. The molecular weight excluding hydrogens is 318 g/mol. The second-order valence-electron chi connectivity index (χ2n) is 5.46. The minimum absolute atomic E-state index is 0.0487. The molecule has 0 spiro atoms. The number of hydrogen-bond donors (Lipinski definition) is 2. The number of aromatic hydroxyl groups is 1. The van der Waals surface area contributed by atoms with E-state index in [0.29, 0.717) is 39.2 Å². The lowest BCUT2D eigenvalue weighted by Crippen LogP contribution is -1.99. The number of phenolic OH excluding ortho intramolecular Hbond substituents is 1. The third-order valence-electron chi connectivity index (χ3n) is 3.83. The van der Waals surface area contributed by atoms with Crippen LogP contribution in [0.15, 0.2) is 42.6 Å². The van der Waals surface area contributed by atoms with Crippen LogP contribution in [-0.2, 0) is 0 Å². The molecule has 25 heavy (non-hydrogen) atoms. The molecule has 0 aliphatic heterocycles. The van der Waals surface area contributed by atoms with Crippen molar-refractivity contribution in [3.63, 3.8) is 0 Å². The number of nitrogens with one attached hydrogen (secondary N) is 1. The Bertz CT molecular complexity index is 1020. The summed E-state index contributed by atoms with van der Waals surface area (Å²) in [4.78, 5) is 15.8. The van der Waals surface area contributed by atoms with Crippen molar-refractivity contribution in [2.24, 2.45) is 0 Å². The summed E-state index contributed by atoms with van der Waals surface area (Å²) >= 11 is 0. The van der Waals surface area contributed by atoms with E-state index in [1.54, 1.807) is 30.3 Å². The van der Waals surface area contributed by atoms with Crippen molar-refractivity contribution in [3.8, 4) is 17.6 Å². The van der Waals surface area contributed by atoms with E-state index in [2.05, 4.69) is 16.4 Å². The summed E-state index contributed by atoms with van der Waals surface area (Å²) in [6, 6.07) is 12.2. The van der Waals surface area contributed by atoms with E-state index in [0.717, 1.165) is 0 Å². The highest BCUT2D eigenvalue weighted by molar-refractivity contribution is 5.99. The highest BCUT2D eigenvalue weighted by atomic mass is 16.5. The molecule has 2 aromatic carbocycles. The molecule has 0 unspecified atom stereocenters. The van der Waals surface area contributed by atoms with Crippen LogP contribution < -0.4 is 10.1 Å². The van der Waals surface area contributed by atoms with Crippen LogP contribution in [0.5, 0.6) is 11.5 Å². The van der Waals surface area contributed by atoms with Gasteiger partial charge in [-0.2, -0.15) is 5.26 Å². The fourth-order valence-corrected chi connectivity index (χ4v) is 2.55. The summed E-state index contributed by atoms with van der Waals surface area (Å²) < 4.78 is 5.10. The normalized spacial score (nSPS) is 10.3. The zero-order chi connectivity index (χ0) is 18.0. The van der Waals surface area contributed by atoms with Crippen LogP contribution in [0.1, 0.15) is 22.8 Å². The Morgan fingerprint density at radius 2 is 2.12 bits per heavy atom. The average molecular weight is 333 g/mol. The number of fused-ring (bicyclic) bond motifs is 1. The molecule has 6 heteroatoms. The Balaban J connectivity index is 2.17. The summed E-state index contributed by atoms with van der Waals surface area (Å²) in [7, 11) is 1.46. The summed E-state index contributed by atoms with van der Waals surface area (Å²) in [5.41, 5.74) is 2.62. The third kappa shape index (κ3) is 3.08. The summed E-state index contributed by atoms with van der Waals surface area (Å²) in [5, 5.41) is 23.2. The summed E-state index contributed by atoms with van der Waals surface area (Å²) in [5.74, 6) is 0.202. The molecule has 0 aliphatic rings.